The van der Waals surface area contributed by atoms with Gasteiger partial charge >= 0.3 is 17.9 Å². The molecule has 0 radical (unpaired) electrons. The van der Waals surface area contributed by atoms with Gasteiger partial charge in [0.25, 0.3) is 0 Å². The minimum Gasteiger partial charge on any atom is -0.462 e. The second-order valence-electron chi connectivity index (χ2n) is 20.6. The van der Waals surface area contributed by atoms with Crippen LogP contribution in [0.5, 0.6) is 0 Å². The summed E-state index contributed by atoms with van der Waals surface area (Å²) in [6.07, 6.45) is 80.4. The van der Waals surface area contributed by atoms with Gasteiger partial charge in [0, 0.05) is 19.3 Å². The molecule has 0 aliphatic heterocycles. The Labute approximate surface area is 452 Å². The summed E-state index contributed by atoms with van der Waals surface area (Å²) in [6, 6.07) is 0. The predicted molar refractivity (Wildman–Crippen MR) is 316 cm³/mol. The van der Waals surface area contributed by atoms with Crippen molar-refractivity contribution in [3.63, 3.8) is 0 Å². The van der Waals surface area contributed by atoms with Crippen molar-refractivity contribution >= 4 is 17.9 Å². The van der Waals surface area contributed by atoms with Crippen molar-refractivity contribution in [2.45, 2.75) is 309 Å². The van der Waals surface area contributed by atoms with E-state index in [0.717, 1.165) is 103 Å². The highest BCUT2D eigenvalue weighted by Crippen LogP contribution is 2.16. The maximum Gasteiger partial charge on any atom is 0.306 e. The van der Waals surface area contributed by atoms with Gasteiger partial charge < -0.3 is 14.2 Å². The standard InChI is InChI=1S/C67H116O6/c1-4-7-10-13-16-18-20-22-24-25-26-27-28-29-30-31-32-33-34-35-36-37-38-39-40-41-43-44-46-48-51-54-57-60-66(69)72-63-64(62-71-65(68)59-56-53-50-15-12-9-6-3)73-67(70)61-58-55-52-49-47-45-42-23-21-19-17-14-11-8-5-2/h7,10,16,18,22,24,26-27,29-30,32-33,35-36,64H,4-6,8-9,11-15,17,19-21,23,25,28,31,34,37-63H2,1-3H3/b10-7-,18-16-,24-22-,27-26-,30-29-,33-32-,36-35-. The molecule has 73 heavy (non-hydrogen) atoms. The van der Waals surface area contributed by atoms with Crippen LogP contribution in [-0.4, -0.2) is 37.2 Å². The van der Waals surface area contributed by atoms with Gasteiger partial charge in [-0.05, 0) is 77.0 Å². The Morgan fingerprint density at radius 1 is 0.288 bits per heavy atom. The van der Waals surface area contributed by atoms with E-state index in [-0.39, 0.29) is 31.1 Å². The average molecular weight is 1020 g/mol. The van der Waals surface area contributed by atoms with Gasteiger partial charge in [-0.1, -0.05) is 292 Å². The fourth-order valence-electron chi connectivity index (χ4n) is 8.78. The average Bonchev–Trinajstić information content (AvgIpc) is 3.39. The van der Waals surface area contributed by atoms with E-state index < -0.39 is 6.10 Å². The third kappa shape index (κ3) is 59.3. The number of carbonyl (C=O) groups excluding carboxylic acids is 3. The maximum absolute atomic E-state index is 12.8. The number of ether oxygens (including phenoxy) is 3. The number of esters is 3. The predicted octanol–water partition coefficient (Wildman–Crippen LogP) is 21.1. The van der Waals surface area contributed by atoms with Crippen LogP contribution >= 0.6 is 0 Å². The van der Waals surface area contributed by atoms with Crippen LogP contribution in [0.25, 0.3) is 0 Å². The molecule has 0 aromatic heterocycles. The van der Waals surface area contributed by atoms with Crippen molar-refractivity contribution in [3.05, 3.63) is 85.1 Å². The molecule has 0 aliphatic carbocycles. The minimum atomic E-state index is -0.771. The van der Waals surface area contributed by atoms with E-state index in [0.29, 0.717) is 19.3 Å². The van der Waals surface area contributed by atoms with E-state index >= 15 is 0 Å². The van der Waals surface area contributed by atoms with E-state index in [1.54, 1.807) is 0 Å². The lowest BCUT2D eigenvalue weighted by atomic mass is 10.0. The lowest BCUT2D eigenvalue weighted by Crippen LogP contribution is -2.30. The molecule has 0 aromatic carbocycles. The highest BCUT2D eigenvalue weighted by Gasteiger charge is 2.19. The largest absolute Gasteiger partial charge is 0.462 e. The first-order valence-electron chi connectivity index (χ1n) is 31.1. The Balaban J connectivity index is 4.07. The molecule has 1 unspecified atom stereocenters. The van der Waals surface area contributed by atoms with Gasteiger partial charge in [-0.2, -0.15) is 0 Å². The van der Waals surface area contributed by atoms with Crippen molar-refractivity contribution in [2.24, 2.45) is 0 Å². The molecule has 0 aromatic rings. The molecular formula is C67H116O6. The molecule has 6 nitrogen and oxygen atoms in total. The molecule has 0 saturated carbocycles. The van der Waals surface area contributed by atoms with Gasteiger partial charge in [-0.15, -0.1) is 0 Å². The van der Waals surface area contributed by atoms with Crippen LogP contribution in [0.15, 0.2) is 85.1 Å². The van der Waals surface area contributed by atoms with Crippen molar-refractivity contribution in [2.75, 3.05) is 13.2 Å². The maximum atomic E-state index is 12.8. The van der Waals surface area contributed by atoms with E-state index in [4.69, 9.17) is 14.2 Å². The quantitative estimate of drug-likeness (QED) is 0.0261. The lowest BCUT2D eigenvalue weighted by molar-refractivity contribution is -0.167. The first-order valence-corrected chi connectivity index (χ1v) is 31.1. The van der Waals surface area contributed by atoms with Crippen LogP contribution < -0.4 is 0 Å². The van der Waals surface area contributed by atoms with Crippen LogP contribution in [0.3, 0.4) is 0 Å². The molecule has 0 fully saturated rings. The topological polar surface area (TPSA) is 78.9 Å². The number of allylic oxidation sites excluding steroid dienone is 14. The molecule has 6 heteroatoms. The van der Waals surface area contributed by atoms with Gasteiger partial charge in [0.05, 0.1) is 0 Å². The molecular weight excluding hydrogens is 901 g/mol. The van der Waals surface area contributed by atoms with Crippen molar-refractivity contribution < 1.29 is 28.6 Å². The highest BCUT2D eigenvalue weighted by molar-refractivity contribution is 5.71. The SMILES string of the molecule is CC/C=C\C/C=C\C/C=C\C/C=C\C/C=C\C/C=C\C/C=C\CCCCCCCCCCCCCC(=O)OCC(COC(=O)CCCCCCCCC)OC(=O)CCCCCCCCCCCCCCCCC. The smallest absolute Gasteiger partial charge is 0.306 e. The zero-order valence-electron chi connectivity index (χ0n) is 48.1. The lowest BCUT2D eigenvalue weighted by Gasteiger charge is -2.18. The van der Waals surface area contributed by atoms with Gasteiger partial charge in [-0.3, -0.25) is 14.4 Å². The van der Waals surface area contributed by atoms with Crippen LogP contribution in [0.4, 0.5) is 0 Å². The van der Waals surface area contributed by atoms with E-state index in [2.05, 4.69) is 106 Å². The van der Waals surface area contributed by atoms with Crippen LogP contribution in [0.1, 0.15) is 303 Å². The van der Waals surface area contributed by atoms with Crippen molar-refractivity contribution in [1.82, 2.24) is 0 Å². The molecule has 1 atom stereocenters. The van der Waals surface area contributed by atoms with Crippen LogP contribution in [-0.2, 0) is 28.6 Å². The highest BCUT2D eigenvalue weighted by atomic mass is 16.6. The molecule has 0 heterocycles. The van der Waals surface area contributed by atoms with Gasteiger partial charge in [0.1, 0.15) is 13.2 Å². The Kier molecular flexibility index (Phi) is 58.3. The molecule has 0 rings (SSSR count). The molecule has 0 amide bonds. The summed E-state index contributed by atoms with van der Waals surface area (Å²) >= 11 is 0. The second-order valence-corrected chi connectivity index (χ2v) is 20.6. The van der Waals surface area contributed by atoms with E-state index in [1.165, 1.54) is 161 Å². The Hall–Kier alpha value is -3.41. The number of carbonyl (C=O) groups is 3. The monoisotopic (exact) mass is 1020 g/mol. The third-order valence-electron chi connectivity index (χ3n) is 13.4. The Bertz CT molecular complexity index is 1400. The molecule has 420 valence electrons. The zero-order chi connectivity index (χ0) is 52.9. The normalized spacial score (nSPS) is 12.6. The van der Waals surface area contributed by atoms with Crippen molar-refractivity contribution in [3.8, 4) is 0 Å². The summed E-state index contributed by atoms with van der Waals surface area (Å²) in [7, 11) is 0. The van der Waals surface area contributed by atoms with E-state index in [1.807, 2.05) is 0 Å². The van der Waals surface area contributed by atoms with E-state index in [9.17, 15) is 14.4 Å². The molecule has 0 saturated heterocycles. The zero-order valence-corrected chi connectivity index (χ0v) is 48.1. The Morgan fingerprint density at radius 2 is 0.534 bits per heavy atom. The summed E-state index contributed by atoms with van der Waals surface area (Å²) in [5.41, 5.74) is 0. The second kappa shape index (κ2) is 61.1. The molecule has 0 N–H and O–H groups in total. The number of hydrogen-bond donors (Lipinski definition) is 0. The third-order valence-corrected chi connectivity index (χ3v) is 13.4. The summed E-state index contributed by atoms with van der Waals surface area (Å²) in [6.45, 7) is 6.51. The summed E-state index contributed by atoms with van der Waals surface area (Å²) in [4.78, 5) is 38.0. The first-order chi connectivity index (χ1) is 36.0. The first kappa shape index (κ1) is 69.6. The Morgan fingerprint density at radius 3 is 0.836 bits per heavy atom. The summed E-state index contributed by atoms with van der Waals surface area (Å²) < 4.78 is 16.8. The molecule has 0 bridgehead atoms. The van der Waals surface area contributed by atoms with Gasteiger partial charge in [0.15, 0.2) is 6.10 Å². The van der Waals surface area contributed by atoms with Crippen molar-refractivity contribution in [1.29, 1.82) is 0 Å². The van der Waals surface area contributed by atoms with Crippen LogP contribution in [0, 0.1) is 0 Å². The fourth-order valence-corrected chi connectivity index (χ4v) is 8.78. The minimum absolute atomic E-state index is 0.0725. The van der Waals surface area contributed by atoms with Gasteiger partial charge in [-0.25, -0.2) is 0 Å². The number of unbranched alkanes of at least 4 members (excludes halogenated alkanes) is 31. The van der Waals surface area contributed by atoms with Gasteiger partial charge in [0.2, 0.25) is 0 Å². The molecule has 0 spiro atoms. The van der Waals surface area contributed by atoms with Crippen LogP contribution in [0.2, 0.25) is 0 Å². The number of hydrogen-bond acceptors (Lipinski definition) is 6. The number of rotatable bonds is 56. The fraction of sp³-hybridized carbons (Fsp3) is 0.746. The molecule has 0 aliphatic rings. The summed E-state index contributed by atoms with van der Waals surface area (Å²) in [5, 5.41) is 0. The summed E-state index contributed by atoms with van der Waals surface area (Å²) in [5.74, 6) is -0.871.